The predicted molar refractivity (Wildman–Crippen MR) is 48.9 cm³/mol. The molecule has 0 saturated carbocycles. The number of aliphatic imine (C=N–C) groups is 1. The molecule has 1 saturated heterocycles. The number of aliphatic hydroxyl groups is 1. The molecule has 13 heavy (non-hydrogen) atoms. The summed E-state index contributed by atoms with van der Waals surface area (Å²) < 4.78 is 0. The Kier molecular flexibility index (Phi) is 3.53. The first-order valence-corrected chi connectivity index (χ1v) is 4.33. The number of hydrogen-bond acceptors (Lipinski definition) is 3. The molecule has 5 heteroatoms. The van der Waals surface area contributed by atoms with Crippen molar-refractivity contribution >= 4 is 5.96 Å². The Hall–Kier alpha value is -1.28. The number of guanidine groups is 1. The lowest BCUT2D eigenvalue weighted by molar-refractivity contribution is 0.102. The van der Waals surface area contributed by atoms with Crippen molar-refractivity contribution < 1.29 is 5.11 Å². The monoisotopic (exact) mass is 182 g/mol. The van der Waals surface area contributed by atoms with E-state index in [0.717, 1.165) is 19.4 Å². The van der Waals surface area contributed by atoms with Crippen molar-refractivity contribution in [3.8, 4) is 6.19 Å². The zero-order chi connectivity index (χ0) is 9.68. The summed E-state index contributed by atoms with van der Waals surface area (Å²) in [4.78, 5) is 5.82. The molecule has 0 unspecified atom stereocenters. The Morgan fingerprint density at radius 1 is 1.77 bits per heavy atom. The van der Waals surface area contributed by atoms with Crippen LogP contribution >= 0.6 is 0 Å². The fraction of sp³-hybridized carbons (Fsp3) is 0.750. The van der Waals surface area contributed by atoms with E-state index < -0.39 is 0 Å². The minimum Gasteiger partial charge on any atom is -0.391 e. The molecule has 1 aliphatic heterocycles. The number of nitrogens with zero attached hydrogens (tertiary/aromatic N) is 3. The quantitative estimate of drug-likeness (QED) is 0.229. The molecule has 0 aromatic heterocycles. The summed E-state index contributed by atoms with van der Waals surface area (Å²) in [5.74, 6) is 0.543. The van der Waals surface area contributed by atoms with Crippen molar-refractivity contribution in [2.45, 2.75) is 18.9 Å². The minimum atomic E-state index is -0.300. The number of rotatable bonds is 0. The van der Waals surface area contributed by atoms with Gasteiger partial charge in [0.05, 0.1) is 6.10 Å². The Labute approximate surface area is 77.7 Å². The predicted octanol–water partition coefficient (Wildman–Crippen LogP) is -0.500. The minimum absolute atomic E-state index is 0.300. The van der Waals surface area contributed by atoms with Crippen LogP contribution in [0.2, 0.25) is 0 Å². The van der Waals surface area contributed by atoms with E-state index in [9.17, 15) is 5.11 Å². The second-order valence-electron chi connectivity index (χ2n) is 3.03. The van der Waals surface area contributed by atoms with Crippen molar-refractivity contribution in [3.05, 3.63) is 0 Å². The van der Waals surface area contributed by atoms with Gasteiger partial charge in [0.1, 0.15) is 0 Å². The molecule has 0 aliphatic carbocycles. The van der Waals surface area contributed by atoms with Gasteiger partial charge in [0, 0.05) is 20.1 Å². The molecule has 0 aromatic carbocycles. The van der Waals surface area contributed by atoms with Crippen LogP contribution in [0.25, 0.3) is 0 Å². The maximum atomic E-state index is 9.38. The van der Waals surface area contributed by atoms with Gasteiger partial charge in [0.2, 0.25) is 5.96 Å². The van der Waals surface area contributed by atoms with E-state index in [4.69, 9.17) is 5.26 Å². The number of nitrogens with one attached hydrogen (secondary N) is 1. The van der Waals surface area contributed by atoms with Crippen molar-refractivity contribution in [2.75, 3.05) is 20.1 Å². The first-order valence-electron chi connectivity index (χ1n) is 4.33. The van der Waals surface area contributed by atoms with Gasteiger partial charge in [-0.2, -0.15) is 5.26 Å². The number of piperidine rings is 1. The van der Waals surface area contributed by atoms with E-state index in [1.54, 1.807) is 7.05 Å². The van der Waals surface area contributed by atoms with Crippen molar-refractivity contribution in [3.63, 3.8) is 0 Å². The van der Waals surface area contributed by atoms with Gasteiger partial charge >= 0.3 is 0 Å². The van der Waals surface area contributed by atoms with Gasteiger partial charge in [-0.05, 0) is 12.8 Å². The zero-order valence-electron chi connectivity index (χ0n) is 7.69. The molecule has 0 radical (unpaired) electrons. The van der Waals surface area contributed by atoms with Crippen LogP contribution in [0.3, 0.4) is 0 Å². The second kappa shape index (κ2) is 4.67. The number of nitriles is 1. The number of aliphatic hydroxyl groups excluding tert-OH is 1. The summed E-state index contributed by atoms with van der Waals surface area (Å²) >= 11 is 0. The molecule has 5 nitrogen and oxygen atoms in total. The van der Waals surface area contributed by atoms with Crippen molar-refractivity contribution in [2.24, 2.45) is 4.99 Å². The van der Waals surface area contributed by atoms with Gasteiger partial charge in [-0.25, -0.2) is 0 Å². The van der Waals surface area contributed by atoms with Gasteiger partial charge in [-0.3, -0.25) is 10.3 Å². The Morgan fingerprint density at radius 3 is 3.08 bits per heavy atom. The summed E-state index contributed by atoms with van der Waals surface area (Å²) in [6.45, 7) is 1.40. The highest BCUT2D eigenvalue weighted by molar-refractivity contribution is 5.81. The molecular weight excluding hydrogens is 168 g/mol. The van der Waals surface area contributed by atoms with Crippen LogP contribution in [0.4, 0.5) is 0 Å². The van der Waals surface area contributed by atoms with Gasteiger partial charge in [0.15, 0.2) is 6.19 Å². The molecule has 1 rings (SSSR count). The van der Waals surface area contributed by atoms with Crippen LogP contribution in [-0.4, -0.2) is 42.2 Å². The highest BCUT2D eigenvalue weighted by atomic mass is 16.3. The first kappa shape index (κ1) is 9.81. The molecule has 1 heterocycles. The third-order valence-electron chi connectivity index (χ3n) is 2.08. The van der Waals surface area contributed by atoms with E-state index in [1.165, 1.54) is 0 Å². The normalized spacial score (nSPS) is 23.9. The van der Waals surface area contributed by atoms with E-state index in [0.29, 0.717) is 12.5 Å². The number of β-amino-alcohol motifs (C(OH)–C–C–N with tert-alkyl or cyclic N) is 1. The maximum absolute atomic E-state index is 9.38. The van der Waals surface area contributed by atoms with Crippen molar-refractivity contribution in [1.29, 1.82) is 5.26 Å². The molecule has 0 aromatic rings. The Bertz CT molecular complexity index is 233. The van der Waals surface area contributed by atoms with Crippen LogP contribution in [0.5, 0.6) is 0 Å². The summed E-state index contributed by atoms with van der Waals surface area (Å²) in [7, 11) is 1.63. The molecular formula is C8H14N4O. The summed E-state index contributed by atoms with van der Waals surface area (Å²) in [6.07, 6.45) is 3.30. The third kappa shape index (κ3) is 2.60. The van der Waals surface area contributed by atoms with Crippen LogP contribution in [0.15, 0.2) is 4.99 Å². The molecule has 0 spiro atoms. The van der Waals surface area contributed by atoms with Gasteiger partial charge in [0.25, 0.3) is 0 Å². The largest absolute Gasteiger partial charge is 0.391 e. The van der Waals surface area contributed by atoms with Gasteiger partial charge in [-0.15, -0.1) is 0 Å². The molecule has 72 valence electrons. The average molecular weight is 182 g/mol. The molecule has 2 N–H and O–H groups in total. The molecule has 1 fully saturated rings. The fourth-order valence-corrected chi connectivity index (χ4v) is 1.47. The summed E-state index contributed by atoms with van der Waals surface area (Å²) in [5, 5.41) is 20.3. The van der Waals surface area contributed by atoms with Gasteiger partial charge < -0.3 is 10.0 Å². The molecule has 0 amide bonds. The standard InChI is InChI=1S/C8H14N4O/c1-10-8(11-6-9)12-4-2-3-7(13)5-12/h7,13H,2-5H2,1H3,(H,10,11)/t7-/m0/s1. The Balaban J connectivity index is 2.54. The molecule has 1 atom stereocenters. The Morgan fingerprint density at radius 2 is 2.54 bits per heavy atom. The lowest BCUT2D eigenvalue weighted by atomic mass is 10.1. The van der Waals surface area contributed by atoms with Gasteiger partial charge in [-0.1, -0.05) is 0 Å². The second-order valence-corrected chi connectivity index (χ2v) is 3.03. The topological polar surface area (TPSA) is 71.7 Å². The highest BCUT2D eigenvalue weighted by Crippen LogP contribution is 2.09. The highest BCUT2D eigenvalue weighted by Gasteiger charge is 2.19. The average Bonchev–Trinajstić information content (AvgIpc) is 2.14. The fourth-order valence-electron chi connectivity index (χ4n) is 1.47. The molecule has 0 bridgehead atoms. The van der Waals surface area contributed by atoms with Crippen LogP contribution in [0, 0.1) is 11.5 Å². The van der Waals surface area contributed by atoms with Crippen LogP contribution in [0.1, 0.15) is 12.8 Å². The lowest BCUT2D eigenvalue weighted by Crippen LogP contribution is -2.46. The summed E-state index contributed by atoms with van der Waals surface area (Å²) in [6, 6.07) is 0. The molecule has 1 aliphatic rings. The van der Waals surface area contributed by atoms with E-state index in [2.05, 4.69) is 10.3 Å². The van der Waals surface area contributed by atoms with E-state index in [-0.39, 0.29) is 6.10 Å². The zero-order valence-corrected chi connectivity index (χ0v) is 7.69. The van der Waals surface area contributed by atoms with E-state index >= 15 is 0 Å². The summed E-state index contributed by atoms with van der Waals surface area (Å²) in [5.41, 5.74) is 0. The number of likely N-dealkylation sites (tertiary alicyclic amines) is 1. The first-order chi connectivity index (χ1) is 6.27. The number of hydrogen-bond donors (Lipinski definition) is 2. The third-order valence-corrected chi connectivity index (χ3v) is 2.08. The van der Waals surface area contributed by atoms with Crippen LogP contribution < -0.4 is 5.32 Å². The smallest absolute Gasteiger partial charge is 0.207 e. The lowest BCUT2D eigenvalue weighted by Gasteiger charge is -2.31. The maximum Gasteiger partial charge on any atom is 0.207 e. The van der Waals surface area contributed by atoms with E-state index in [1.807, 2.05) is 11.1 Å². The van der Waals surface area contributed by atoms with Crippen LogP contribution in [-0.2, 0) is 0 Å². The van der Waals surface area contributed by atoms with Crippen molar-refractivity contribution in [1.82, 2.24) is 10.2 Å². The SMILES string of the molecule is CN=C(NC#N)N1CCC[C@H](O)C1.